The molecule has 2 aliphatic heterocycles. The van der Waals surface area contributed by atoms with Crippen LogP contribution in [0.2, 0.25) is 0 Å². The zero-order valence-corrected chi connectivity index (χ0v) is 24.9. The van der Waals surface area contributed by atoms with Crippen molar-refractivity contribution in [2.75, 3.05) is 44.2 Å². The van der Waals surface area contributed by atoms with Gasteiger partial charge < -0.3 is 14.7 Å². The standard InChI is InChI=1S/C29H34F3N5O2S2/c1-28(2)26(39)37(22-11-10-21(20-33)23(19-22)29(30,31)32)27(40)36(28)15-6-4-3-5-12-34-13-8-14-35(17-16-34)25(38)24-9-7-18-41-24/h7,9-11,18-19H,3-6,8,12-17H2,1-2H3. The number of thiophene rings is 1. The van der Waals surface area contributed by atoms with Gasteiger partial charge in [-0.05, 0) is 88.1 Å². The molecule has 4 rings (SSSR count). The van der Waals surface area contributed by atoms with Crippen LogP contribution in [0.3, 0.4) is 0 Å². The molecular weight excluding hydrogens is 571 g/mol. The van der Waals surface area contributed by atoms with Crippen LogP contribution in [-0.2, 0) is 11.0 Å². The predicted octanol–water partition coefficient (Wildman–Crippen LogP) is 5.76. The lowest BCUT2D eigenvalue weighted by atomic mass is 10.0. The van der Waals surface area contributed by atoms with E-state index in [-0.39, 0.29) is 16.7 Å². The molecule has 0 N–H and O–H groups in total. The average molecular weight is 606 g/mol. The van der Waals surface area contributed by atoms with Gasteiger partial charge in [0, 0.05) is 26.2 Å². The third-order valence-corrected chi connectivity index (χ3v) is 8.99. The highest BCUT2D eigenvalue weighted by Gasteiger charge is 2.49. The Bertz CT molecular complexity index is 1310. The lowest BCUT2D eigenvalue weighted by Crippen LogP contribution is -2.44. The molecule has 2 amide bonds. The number of carbonyl (C=O) groups excluding carboxylic acids is 2. The molecule has 220 valence electrons. The maximum atomic E-state index is 13.5. The quantitative estimate of drug-likeness (QED) is 0.268. The largest absolute Gasteiger partial charge is 0.417 e. The highest BCUT2D eigenvalue weighted by atomic mass is 32.1. The van der Waals surface area contributed by atoms with Crippen molar-refractivity contribution in [1.82, 2.24) is 14.7 Å². The van der Waals surface area contributed by atoms with Gasteiger partial charge in [0.2, 0.25) is 0 Å². The summed E-state index contributed by atoms with van der Waals surface area (Å²) >= 11 is 7.05. The number of carbonyl (C=O) groups is 2. The average Bonchev–Trinajstić information content (AvgIpc) is 3.43. The van der Waals surface area contributed by atoms with Gasteiger partial charge in [-0.2, -0.15) is 18.4 Å². The number of alkyl halides is 3. The van der Waals surface area contributed by atoms with Crippen LogP contribution in [0.4, 0.5) is 18.9 Å². The number of halogens is 3. The second kappa shape index (κ2) is 12.9. The van der Waals surface area contributed by atoms with Crippen LogP contribution in [0.15, 0.2) is 35.7 Å². The van der Waals surface area contributed by atoms with Crippen molar-refractivity contribution in [2.45, 2.75) is 57.7 Å². The van der Waals surface area contributed by atoms with Crippen molar-refractivity contribution in [3.63, 3.8) is 0 Å². The summed E-state index contributed by atoms with van der Waals surface area (Å²) in [7, 11) is 0. The zero-order valence-electron chi connectivity index (χ0n) is 23.2. The van der Waals surface area contributed by atoms with E-state index in [2.05, 4.69) is 4.90 Å². The van der Waals surface area contributed by atoms with Gasteiger partial charge in [0.05, 0.1) is 27.8 Å². The maximum Gasteiger partial charge on any atom is 0.417 e. The topological polar surface area (TPSA) is 70.9 Å². The molecule has 0 saturated carbocycles. The second-order valence-corrected chi connectivity index (χ2v) is 12.2. The van der Waals surface area contributed by atoms with Gasteiger partial charge in [0.1, 0.15) is 5.54 Å². The first-order valence-electron chi connectivity index (χ1n) is 13.8. The lowest BCUT2D eigenvalue weighted by Gasteiger charge is -2.29. The Morgan fingerprint density at radius 1 is 1.07 bits per heavy atom. The van der Waals surface area contributed by atoms with E-state index < -0.39 is 28.7 Å². The van der Waals surface area contributed by atoms with Crippen LogP contribution >= 0.6 is 23.6 Å². The molecule has 41 heavy (non-hydrogen) atoms. The van der Waals surface area contributed by atoms with E-state index >= 15 is 0 Å². The Hall–Kier alpha value is -3.01. The van der Waals surface area contributed by atoms with Crippen LogP contribution < -0.4 is 4.90 Å². The Balaban J connectivity index is 1.25. The van der Waals surface area contributed by atoms with Gasteiger partial charge in [0.15, 0.2) is 5.11 Å². The number of unbranched alkanes of at least 4 members (excludes halogenated alkanes) is 3. The van der Waals surface area contributed by atoms with E-state index in [0.717, 1.165) is 86.7 Å². The molecule has 1 aromatic heterocycles. The van der Waals surface area contributed by atoms with Gasteiger partial charge in [-0.15, -0.1) is 11.3 Å². The molecule has 2 saturated heterocycles. The Morgan fingerprint density at radius 3 is 2.46 bits per heavy atom. The normalized spacial score (nSPS) is 18.1. The SMILES string of the molecule is CC1(C)C(=O)N(c2ccc(C#N)c(C(F)(F)F)c2)C(=S)N1CCCCCCN1CCCN(C(=O)c2cccs2)CC1. The Kier molecular flexibility index (Phi) is 9.72. The maximum absolute atomic E-state index is 13.5. The number of hydrogen-bond donors (Lipinski definition) is 0. The highest BCUT2D eigenvalue weighted by molar-refractivity contribution is 7.80. The number of nitriles is 1. The first-order chi connectivity index (χ1) is 19.4. The summed E-state index contributed by atoms with van der Waals surface area (Å²) in [5.41, 5.74) is -2.58. The van der Waals surface area contributed by atoms with Crippen molar-refractivity contribution in [3.05, 3.63) is 51.7 Å². The minimum absolute atomic E-state index is 0.00926. The fraction of sp³-hybridized carbons (Fsp3) is 0.517. The first-order valence-corrected chi connectivity index (χ1v) is 15.1. The molecule has 2 aromatic rings. The van der Waals surface area contributed by atoms with Gasteiger partial charge >= 0.3 is 6.18 Å². The van der Waals surface area contributed by atoms with Gasteiger partial charge in [-0.25, -0.2) is 0 Å². The van der Waals surface area contributed by atoms with E-state index in [1.165, 1.54) is 17.4 Å². The molecule has 0 spiro atoms. The fourth-order valence-electron chi connectivity index (χ4n) is 5.35. The van der Waals surface area contributed by atoms with E-state index in [1.807, 2.05) is 22.4 Å². The first kappa shape index (κ1) is 30.9. The molecule has 0 unspecified atom stereocenters. The van der Waals surface area contributed by atoms with E-state index in [9.17, 15) is 22.8 Å². The van der Waals surface area contributed by atoms with Gasteiger partial charge in [-0.1, -0.05) is 18.9 Å². The van der Waals surface area contributed by atoms with Crippen molar-refractivity contribution >= 4 is 46.2 Å². The van der Waals surface area contributed by atoms with Crippen LogP contribution in [0.1, 0.15) is 66.8 Å². The van der Waals surface area contributed by atoms with Crippen LogP contribution in [0.5, 0.6) is 0 Å². The Morgan fingerprint density at radius 2 is 1.80 bits per heavy atom. The minimum atomic E-state index is -4.73. The van der Waals surface area contributed by atoms with E-state index in [0.29, 0.717) is 6.54 Å². The predicted molar refractivity (Wildman–Crippen MR) is 157 cm³/mol. The molecule has 3 heterocycles. The molecule has 7 nitrogen and oxygen atoms in total. The minimum Gasteiger partial charge on any atom is -0.337 e. The van der Waals surface area contributed by atoms with Crippen molar-refractivity contribution < 1.29 is 22.8 Å². The number of thiocarbonyl (C=S) groups is 1. The van der Waals surface area contributed by atoms with E-state index in [4.69, 9.17) is 17.5 Å². The number of rotatable bonds is 9. The molecule has 0 radical (unpaired) electrons. The van der Waals surface area contributed by atoms with E-state index in [1.54, 1.807) is 24.8 Å². The van der Waals surface area contributed by atoms with Crippen LogP contribution in [0.25, 0.3) is 0 Å². The number of anilines is 1. The summed E-state index contributed by atoms with van der Waals surface area (Å²) in [4.78, 5) is 34.0. The molecule has 0 aliphatic carbocycles. The molecule has 2 fully saturated rings. The third-order valence-electron chi connectivity index (χ3n) is 7.72. The molecular formula is C29H34F3N5O2S2. The second-order valence-electron chi connectivity index (χ2n) is 10.9. The van der Waals surface area contributed by atoms with Crippen molar-refractivity contribution in [2.24, 2.45) is 0 Å². The number of nitrogens with zero attached hydrogens (tertiary/aromatic N) is 5. The molecule has 0 bridgehead atoms. The van der Waals surface area contributed by atoms with Crippen molar-refractivity contribution in [1.29, 1.82) is 5.26 Å². The Labute approximate surface area is 248 Å². The third kappa shape index (κ3) is 6.90. The number of benzene rings is 1. The van der Waals surface area contributed by atoms with Crippen molar-refractivity contribution in [3.8, 4) is 6.07 Å². The van der Waals surface area contributed by atoms with Crippen LogP contribution in [-0.4, -0.2) is 76.4 Å². The fourth-order valence-corrected chi connectivity index (χ4v) is 6.55. The van der Waals surface area contributed by atoms with Gasteiger partial charge in [0.25, 0.3) is 11.8 Å². The lowest BCUT2D eigenvalue weighted by molar-refractivity contribution is -0.137. The summed E-state index contributed by atoms with van der Waals surface area (Å²) in [6.45, 7) is 8.25. The van der Waals surface area contributed by atoms with Crippen LogP contribution in [0, 0.1) is 11.3 Å². The molecule has 2 aliphatic rings. The molecule has 12 heteroatoms. The summed E-state index contributed by atoms with van der Waals surface area (Å²) < 4.78 is 40.6. The molecule has 0 atom stereocenters. The molecule has 1 aromatic carbocycles. The summed E-state index contributed by atoms with van der Waals surface area (Å²) in [5, 5.41) is 11.2. The summed E-state index contributed by atoms with van der Waals surface area (Å²) in [5.74, 6) is -0.283. The zero-order chi connectivity index (χ0) is 29.8. The monoisotopic (exact) mass is 605 g/mol. The number of hydrogen-bond acceptors (Lipinski definition) is 6. The smallest absolute Gasteiger partial charge is 0.337 e. The summed E-state index contributed by atoms with van der Waals surface area (Å²) in [6.07, 6.45) is -0.0488. The summed E-state index contributed by atoms with van der Waals surface area (Å²) in [6, 6.07) is 8.56. The number of amides is 2. The van der Waals surface area contributed by atoms with Gasteiger partial charge in [-0.3, -0.25) is 14.5 Å². The highest BCUT2D eigenvalue weighted by Crippen LogP contribution is 2.38.